The van der Waals surface area contributed by atoms with Crippen LogP contribution in [0.3, 0.4) is 0 Å². The van der Waals surface area contributed by atoms with Gasteiger partial charge in [0.25, 0.3) is 11.8 Å². The topological polar surface area (TPSA) is 61.2 Å². The second-order valence-corrected chi connectivity index (χ2v) is 2.35. The summed E-state index contributed by atoms with van der Waals surface area (Å²) >= 11 is 0. The van der Waals surface area contributed by atoms with E-state index in [-0.39, 0.29) is 11.1 Å². The SMILES string of the molecule is C=CC1=C(C=N)C(=O)N(C)C1=O. The molecule has 0 bridgehead atoms. The van der Waals surface area contributed by atoms with E-state index in [1.807, 2.05) is 0 Å². The maximum Gasteiger partial charge on any atom is 0.262 e. The van der Waals surface area contributed by atoms with Gasteiger partial charge in [0.2, 0.25) is 0 Å². The van der Waals surface area contributed by atoms with Crippen LogP contribution in [0.4, 0.5) is 0 Å². The van der Waals surface area contributed by atoms with Gasteiger partial charge in [-0.25, -0.2) is 0 Å². The van der Waals surface area contributed by atoms with Gasteiger partial charge >= 0.3 is 0 Å². The van der Waals surface area contributed by atoms with E-state index < -0.39 is 11.8 Å². The minimum atomic E-state index is -0.440. The molecule has 4 heteroatoms. The number of hydrogen-bond acceptors (Lipinski definition) is 3. The molecule has 0 saturated heterocycles. The van der Waals surface area contributed by atoms with Crippen LogP contribution in [0, 0.1) is 5.41 Å². The van der Waals surface area contributed by atoms with E-state index in [4.69, 9.17) is 5.41 Å². The average molecular weight is 164 g/mol. The molecular weight excluding hydrogens is 156 g/mol. The fraction of sp³-hybridized carbons (Fsp3) is 0.125. The van der Waals surface area contributed by atoms with E-state index in [1.165, 1.54) is 13.1 Å². The third kappa shape index (κ3) is 0.887. The molecule has 0 aromatic rings. The third-order valence-electron chi connectivity index (χ3n) is 1.71. The van der Waals surface area contributed by atoms with Crippen molar-refractivity contribution in [2.45, 2.75) is 0 Å². The number of rotatable bonds is 2. The monoisotopic (exact) mass is 164 g/mol. The molecular formula is C8H8N2O2. The molecule has 1 aliphatic heterocycles. The Morgan fingerprint density at radius 2 is 1.83 bits per heavy atom. The predicted octanol–water partition coefficient (Wildman–Crippen LogP) is 0.117. The van der Waals surface area contributed by atoms with Crippen molar-refractivity contribution >= 4 is 18.0 Å². The predicted molar refractivity (Wildman–Crippen MR) is 43.8 cm³/mol. The lowest BCUT2D eigenvalue weighted by Crippen LogP contribution is -2.26. The first-order valence-corrected chi connectivity index (χ1v) is 3.33. The number of carbonyl (C=O) groups excluding carboxylic acids is 2. The highest BCUT2D eigenvalue weighted by Crippen LogP contribution is 2.17. The molecule has 1 heterocycles. The van der Waals surface area contributed by atoms with Crippen molar-refractivity contribution in [2.24, 2.45) is 0 Å². The zero-order valence-electron chi connectivity index (χ0n) is 6.63. The standard InChI is InChI=1S/C8H8N2O2/c1-3-5-6(4-9)8(12)10(2)7(5)11/h3-4,9H,1H2,2H3. The molecule has 0 aromatic carbocycles. The Kier molecular flexibility index (Phi) is 1.91. The van der Waals surface area contributed by atoms with Crippen LogP contribution in [0.1, 0.15) is 0 Å². The first-order chi connectivity index (χ1) is 5.63. The molecule has 0 aliphatic carbocycles. The van der Waals surface area contributed by atoms with E-state index >= 15 is 0 Å². The molecule has 0 radical (unpaired) electrons. The molecule has 4 nitrogen and oxygen atoms in total. The summed E-state index contributed by atoms with van der Waals surface area (Å²) in [6, 6.07) is 0. The van der Waals surface area contributed by atoms with Gasteiger partial charge < -0.3 is 5.41 Å². The number of nitrogens with one attached hydrogen (secondary N) is 1. The molecule has 1 aliphatic rings. The van der Waals surface area contributed by atoms with Crippen LogP contribution in [-0.4, -0.2) is 30.0 Å². The molecule has 1 rings (SSSR count). The van der Waals surface area contributed by atoms with Crippen molar-refractivity contribution in [3.63, 3.8) is 0 Å². The lowest BCUT2D eigenvalue weighted by Gasteiger charge is -2.04. The van der Waals surface area contributed by atoms with Gasteiger partial charge in [0.15, 0.2) is 0 Å². The average Bonchev–Trinajstić information content (AvgIpc) is 2.29. The van der Waals surface area contributed by atoms with Gasteiger partial charge in [-0.2, -0.15) is 0 Å². The van der Waals surface area contributed by atoms with Crippen molar-refractivity contribution in [1.82, 2.24) is 4.90 Å². The van der Waals surface area contributed by atoms with Crippen LogP contribution in [-0.2, 0) is 9.59 Å². The molecule has 0 aromatic heterocycles. The molecule has 0 spiro atoms. The first kappa shape index (κ1) is 8.39. The number of carbonyl (C=O) groups is 2. The van der Waals surface area contributed by atoms with E-state index in [2.05, 4.69) is 6.58 Å². The molecule has 62 valence electrons. The highest BCUT2D eigenvalue weighted by atomic mass is 16.2. The van der Waals surface area contributed by atoms with Crippen molar-refractivity contribution in [3.05, 3.63) is 23.8 Å². The summed E-state index contributed by atoms with van der Waals surface area (Å²) in [5, 5.41) is 6.91. The summed E-state index contributed by atoms with van der Waals surface area (Å²) in [6.07, 6.45) is 2.17. The van der Waals surface area contributed by atoms with Gasteiger partial charge in [-0.05, 0) is 0 Å². The Hall–Kier alpha value is -1.71. The van der Waals surface area contributed by atoms with Crippen LogP contribution >= 0.6 is 0 Å². The van der Waals surface area contributed by atoms with Gasteiger partial charge in [0.1, 0.15) is 0 Å². The van der Waals surface area contributed by atoms with Gasteiger partial charge in [-0.15, -0.1) is 0 Å². The quantitative estimate of drug-likeness (QED) is 0.465. The zero-order valence-corrected chi connectivity index (χ0v) is 6.63. The van der Waals surface area contributed by atoms with Crippen molar-refractivity contribution < 1.29 is 9.59 Å². The minimum Gasteiger partial charge on any atom is -0.308 e. The summed E-state index contributed by atoms with van der Waals surface area (Å²) in [5.41, 5.74) is 0.315. The fourth-order valence-corrected chi connectivity index (χ4v) is 1.02. The summed E-state index contributed by atoms with van der Waals surface area (Å²) < 4.78 is 0. The Labute approximate surface area is 69.7 Å². The molecule has 0 saturated carbocycles. The van der Waals surface area contributed by atoms with Gasteiger partial charge in [0, 0.05) is 13.3 Å². The van der Waals surface area contributed by atoms with Crippen LogP contribution in [0.5, 0.6) is 0 Å². The summed E-state index contributed by atoms with van der Waals surface area (Å²) in [4.78, 5) is 23.3. The van der Waals surface area contributed by atoms with Crippen molar-refractivity contribution in [1.29, 1.82) is 5.41 Å². The lowest BCUT2D eigenvalue weighted by atomic mass is 10.1. The van der Waals surface area contributed by atoms with E-state index in [0.29, 0.717) is 0 Å². The Morgan fingerprint density at radius 3 is 2.17 bits per heavy atom. The molecule has 0 unspecified atom stereocenters. The number of hydrogen-bond donors (Lipinski definition) is 1. The normalized spacial score (nSPS) is 17.2. The first-order valence-electron chi connectivity index (χ1n) is 3.33. The molecule has 0 atom stereocenters. The Bertz CT molecular complexity index is 285. The maximum absolute atomic E-state index is 11.2. The van der Waals surface area contributed by atoms with Gasteiger partial charge in [0.05, 0.1) is 11.1 Å². The summed E-state index contributed by atoms with van der Waals surface area (Å²) in [6.45, 7) is 3.40. The highest BCUT2D eigenvalue weighted by molar-refractivity contribution is 6.28. The molecule has 2 amide bonds. The smallest absolute Gasteiger partial charge is 0.262 e. The van der Waals surface area contributed by atoms with Crippen LogP contribution in [0.25, 0.3) is 0 Å². The second-order valence-electron chi connectivity index (χ2n) is 2.35. The summed E-state index contributed by atoms with van der Waals surface area (Å²) in [5.74, 6) is -0.835. The van der Waals surface area contributed by atoms with E-state index in [0.717, 1.165) is 11.1 Å². The van der Waals surface area contributed by atoms with E-state index in [9.17, 15) is 9.59 Å². The highest BCUT2D eigenvalue weighted by Gasteiger charge is 2.32. The summed E-state index contributed by atoms with van der Waals surface area (Å²) in [7, 11) is 1.38. The minimum absolute atomic E-state index is 0.109. The fourth-order valence-electron chi connectivity index (χ4n) is 1.02. The lowest BCUT2D eigenvalue weighted by molar-refractivity contribution is -0.135. The van der Waals surface area contributed by atoms with Crippen molar-refractivity contribution in [2.75, 3.05) is 7.05 Å². The number of amides is 2. The maximum atomic E-state index is 11.2. The van der Waals surface area contributed by atoms with Crippen molar-refractivity contribution in [3.8, 4) is 0 Å². The number of nitrogens with zero attached hydrogens (tertiary/aromatic N) is 1. The van der Waals surface area contributed by atoms with E-state index in [1.54, 1.807) is 0 Å². The van der Waals surface area contributed by atoms with Crippen LogP contribution in [0.2, 0.25) is 0 Å². The van der Waals surface area contributed by atoms with Crippen LogP contribution < -0.4 is 0 Å². The molecule has 0 fully saturated rings. The molecule has 1 N–H and O–H groups in total. The van der Waals surface area contributed by atoms with Crippen LogP contribution in [0.15, 0.2) is 23.8 Å². The zero-order chi connectivity index (χ0) is 9.30. The Morgan fingerprint density at radius 1 is 1.33 bits per heavy atom. The Balaban J connectivity index is 3.27. The van der Waals surface area contributed by atoms with Gasteiger partial charge in [-0.1, -0.05) is 12.7 Å². The van der Waals surface area contributed by atoms with Gasteiger partial charge in [-0.3, -0.25) is 14.5 Å². The molecule has 12 heavy (non-hydrogen) atoms. The third-order valence-corrected chi connectivity index (χ3v) is 1.71. The second kappa shape index (κ2) is 2.73. The largest absolute Gasteiger partial charge is 0.308 e. The number of imide groups is 1. The number of likely N-dealkylation sites (N-methyl/N-ethyl adjacent to an activating group) is 1.